The average molecular weight is 314 g/mol. The SMILES string of the molecule is O=C(N1CCC(NCCO)CC1)N1CCC(NCCO)CC1. The Balaban J connectivity index is 1.68. The van der Waals surface area contributed by atoms with E-state index < -0.39 is 0 Å². The number of nitrogens with one attached hydrogen (secondary N) is 2. The lowest BCUT2D eigenvalue weighted by Crippen LogP contribution is -2.53. The summed E-state index contributed by atoms with van der Waals surface area (Å²) in [5.74, 6) is 0. The third-order valence-corrected chi connectivity index (χ3v) is 4.62. The third kappa shape index (κ3) is 5.08. The van der Waals surface area contributed by atoms with Crippen LogP contribution in [0.15, 0.2) is 0 Å². The number of amides is 2. The Kier molecular flexibility index (Phi) is 7.38. The first-order valence-corrected chi connectivity index (χ1v) is 8.47. The van der Waals surface area contributed by atoms with E-state index in [2.05, 4.69) is 10.6 Å². The van der Waals surface area contributed by atoms with E-state index >= 15 is 0 Å². The van der Waals surface area contributed by atoms with Crippen LogP contribution in [-0.2, 0) is 0 Å². The summed E-state index contributed by atoms with van der Waals surface area (Å²) in [6.07, 6.45) is 3.83. The monoisotopic (exact) mass is 314 g/mol. The number of aliphatic hydroxyl groups excluding tert-OH is 2. The van der Waals surface area contributed by atoms with Gasteiger partial charge < -0.3 is 30.6 Å². The number of nitrogens with zero attached hydrogens (tertiary/aromatic N) is 2. The molecule has 2 saturated heterocycles. The zero-order valence-corrected chi connectivity index (χ0v) is 13.3. The molecule has 0 bridgehead atoms. The van der Waals surface area contributed by atoms with Gasteiger partial charge in [0.05, 0.1) is 13.2 Å². The molecular formula is C15H30N4O3. The van der Waals surface area contributed by atoms with Crippen LogP contribution >= 0.6 is 0 Å². The average Bonchev–Trinajstić information content (AvgIpc) is 2.58. The van der Waals surface area contributed by atoms with Crippen LogP contribution in [0.1, 0.15) is 25.7 Å². The molecule has 2 aliphatic rings. The molecule has 0 aromatic heterocycles. The number of carbonyl (C=O) groups excluding carboxylic acids is 1. The first kappa shape index (κ1) is 17.5. The van der Waals surface area contributed by atoms with Gasteiger partial charge in [-0.15, -0.1) is 0 Å². The van der Waals surface area contributed by atoms with Gasteiger partial charge in [-0.3, -0.25) is 0 Å². The number of urea groups is 1. The molecule has 2 amide bonds. The van der Waals surface area contributed by atoms with Crippen LogP contribution in [0.3, 0.4) is 0 Å². The predicted octanol–water partition coefficient (Wildman–Crippen LogP) is -0.801. The normalized spacial score (nSPS) is 21.4. The summed E-state index contributed by atoms with van der Waals surface area (Å²) >= 11 is 0. The van der Waals surface area contributed by atoms with Gasteiger partial charge >= 0.3 is 6.03 Å². The van der Waals surface area contributed by atoms with Crippen molar-refractivity contribution in [1.29, 1.82) is 0 Å². The molecule has 2 fully saturated rings. The summed E-state index contributed by atoms with van der Waals surface area (Å²) in [5, 5.41) is 24.3. The molecule has 0 saturated carbocycles. The van der Waals surface area contributed by atoms with Crippen LogP contribution in [0.25, 0.3) is 0 Å². The van der Waals surface area contributed by atoms with Crippen molar-refractivity contribution < 1.29 is 15.0 Å². The van der Waals surface area contributed by atoms with Crippen molar-refractivity contribution in [3.63, 3.8) is 0 Å². The lowest BCUT2D eigenvalue weighted by Gasteiger charge is -2.39. The fraction of sp³-hybridized carbons (Fsp3) is 0.933. The first-order chi connectivity index (χ1) is 10.7. The molecule has 2 heterocycles. The van der Waals surface area contributed by atoms with Gasteiger partial charge in [-0.2, -0.15) is 0 Å². The standard InChI is InChI=1S/C15H30N4O3/c20-11-5-16-13-1-7-18(8-2-13)15(22)19-9-3-14(4-10-19)17-6-12-21/h13-14,16-17,20-21H,1-12H2. The third-order valence-electron chi connectivity index (χ3n) is 4.62. The number of hydrogen-bond donors (Lipinski definition) is 4. The van der Waals surface area contributed by atoms with Gasteiger partial charge in [-0.05, 0) is 25.7 Å². The summed E-state index contributed by atoms with van der Waals surface area (Å²) in [6.45, 7) is 4.78. The van der Waals surface area contributed by atoms with Crippen LogP contribution in [0, 0.1) is 0 Å². The Hall–Kier alpha value is -0.890. The van der Waals surface area contributed by atoms with Crippen molar-refractivity contribution in [3.8, 4) is 0 Å². The molecule has 0 radical (unpaired) electrons. The van der Waals surface area contributed by atoms with Gasteiger partial charge in [-0.25, -0.2) is 4.79 Å². The Labute approximate surface area is 132 Å². The van der Waals surface area contributed by atoms with Crippen molar-refractivity contribution in [2.24, 2.45) is 0 Å². The molecule has 22 heavy (non-hydrogen) atoms. The van der Waals surface area contributed by atoms with Crippen molar-refractivity contribution >= 4 is 6.03 Å². The second kappa shape index (κ2) is 9.29. The quantitative estimate of drug-likeness (QED) is 0.515. The molecule has 4 N–H and O–H groups in total. The number of rotatable bonds is 6. The van der Waals surface area contributed by atoms with Crippen molar-refractivity contribution in [2.45, 2.75) is 37.8 Å². The number of piperidine rings is 2. The number of likely N-dealkylation sites (tertiary alicyclic amines) is 2. The zero-order valence-electron chi connectivity index (χ0n) is 13.3. The van der Waals surface area contributed by atoms with E-state index in [0.29, 0.717) is 25.2 Å². The number of aliphatic hydroxyl groups is 2. The second-order valence-electron chi connectivity index (χ2n) is 6.16. The summed E-state index contributed by atoms with van der Waals surface area (Å²) < 4.78 is 0. The van der Waals surface area contributed by atoms with Crippen molar-refractivity contribution in [1.82, 2.24) is 20.4 Å². The first-order valence-electron chi connectivity index (χ1n) is 8.47. The smallest absolute Gasteiger partial charge is 0.320 e. The molecule has 7 nitrogen and oxygen atoms in total. The van der Waals surface area contributed by atoms with Crippen LogP contribution in [0.2, 0.25) is 0 Å². The maximum Gasteiger partial charge on any atom is 0.320 e. The highest BCUT2D eigenvalue weighted by Crippen LogP contribution is 2.16. The van der Waals surface area contributed by atoms with Crippen molar-refractivity contribution in [2.75, 3.05) is 52.5 Å². The fourth-order valence-corrected chi connectivity index (χ4v) is 3.29. The van der Waals surface area contributed by atoms with Crippen LogP contribution in [-0.4, -0.2) is 90.6 Å². The van der Waals surface area contributed by atoms with E-state index in [0.717, 1.165) is 51.9 Å². The molecule has 0 aromatic rings. The van der Waals surface area contributed by atoms with Crippen LogP contribution in [0.4, 0.5) is 4.79 Å². The topological polar surface area (TPSA) is 88.1 Å². The number of carbonyl (C=O) groups is 1. The van der Waals surface area contributed by atoms with Gasteiger partial charge in [0.1, 0.15) is 0 Å². The van der Waals surface area contributed by atoms with E-state index in [9.17, 15) is 4.79 Å². The van der Waals surface area contributed by atoms with Crippen molar-refractivity contribution in [3.05, 3.63) is 0 Å². The van der Waals surface area contributed by atoms with Crippen LogP contribution in [0.5, 0.6) is 0 Å². The summed E-state index contributed by atoms with van der Waals surface area (Å²) in [6, 6.07) is 1.01. The Bertz CT molecular complexity index is 297. The minimum absolute atomic E-state index is 0.165. The Morgan fingerprint density at radius 3 is 1.50 bits per heavy atom. The highest BCUT2D eigenvalue weighted by atomic mass is 16.3. The molecule has 0 unspecified atom stereocenters. The van der Waals surface area contributed by atoms with E-state index in [1.807, 2.05) is 9.80 Å². The highest BCUT2D eigenvalue weighted by molar-refractivity contribution is 5.74. The van der Waals surface area contributed by atoms with Gasteiger partial charge in [-0.1, -0.05) is 0 Å². The zero-order chi connectivity index (χ0) is 15.8. The van der Waals surface area contributed by atoms with Gasteiger partial charge in [0, 0.05) is 51.4 Å². The van der Waals surface area contributed by atoms with E-state index in [1.54, 1.807) is 0 Å². The fourth-order valence-electron chi connectivity index (χ4n) is 3.29. The minimum Gasteiger partial charge on any atom is -0.395 e. The van der Waals surface area contributed by atoms with E-state index in [-0.39, 0.29) is 19.2 Å². The Morgan fingerprint density at radius 1 is 0.818 bits per heavy atom. The minimum atomic E-state index is 0.165. The number of hydrogen-bond acceptors (Lipinski definition) is 5. The lowest BCUT2D eigenvalue weighted by molar-refractivity contribution is 0.122. The molecule has 0 aliphatic carbocycles. The molecule has 2 aliphatic heterocycles. The summed E-state index contributed by atoms with van der Waals surface area (Å²) in [4.78, 5) is 16.4. The van der Waals surface area contributed by atoms with Gasteiger partial charge in [0.15, 0.2) is 0 Å². The Morgan fingerprint density at radius 2 is 1.18 bits per heavy atom. The van der Waals surface area contributed by atoms with Gasteiger partial charge in [0.2, 0.25) is 0 Å². The molecular weight excluding hydrogens is 284 g/mol. The van der Waals surface area contributed by atoms with E-state index in [4.69, 9.17) is 10.2 Å². The molecule has 2 rings (SSSR count). The van der Waals surface area contributed by atoms with Crippen LogP contribution < -0.4 is 10.6 Å². The summed E-state index contributed by atoms with van der Waals surface area (Å²) in [5.41, 5.74) is 0. The highest BCUT2D eigenvalue weighted by Gasteiger charge is 2.28. The molecule has 7 heteroatoms. The predicted molar refractivity (Wildman–Crippen MR) is 84.8 cm³/mol. The van der Waals surface area contributed by atoms with E-state index in [1.165, 1.54) is 0 Å². The molecule has 0 spiro atoms. The maximum atomic E-state index is 12.5. The largest absolute Gasteiger partial charge is 0.395 e. The second-order valence-corrected chi connectivity index (χ2v) is 6.16. The summed E-state index contributed by atoms with van der Waals surface area (Å²) in [7, 11) is 0. The van der Waals surface area contributed by atoms with Gasteiger partial charge in [0.25, 0.3) is 0 Å². The lowest BCUT2D eigenvalue weighted by atomic mass is 10.0. The molecule has 0 atom stereocenters. The molecule has 128 valence electrons. The molecule has 0 aromatic carbocycles. The maximum absolute atomic E-state index is 12.5.